The molecule has 1 heterocycles. The number of rotatable bonds is 4. The standard InChI is InChI=1S/C20H23NO5S/c1-14(21-22)15-8-10-17(11-9-15)27(23,24)18-7-5-6-16(12-18)20(4)13-25-19(2,3)26-20/h5-12,22H,13H2,1-4H3/b21-14-. The van der Waals surface area contributed by atoms with Crippen LogP contribution in [-0.4, -0.2) is 31.7 Å². The zero-order chi connectivity index (χ0) is 19.9. The molecule has 144 valence electrons. The third-order valence-corrected chi connectivity index (χ3v) is 6.42. The van der Waals surface area contributed by atoms with Crippen molar-refractivity contribution in [2.45, 2.75) is 48.9 Å². The summed E-state index contributed by atoms with van der Waals surface area (Å²) in [7, 11) is -3.69. The summed E-state index contributed by atoms with van der Waals surface area (Å²) >= 11 is 0. The Morgan fingerprint density at radius 3 is 2.30 bits per heavy atom. The fourth-order valence-electron chi connectivity index (χ4n) is 3.12. The molecule has 6 nitrogen and oxygen atoms in total. The minimum absolute atomic E-state index is 0.170. The Kier molecular flexibility index (Phi) is 4.88. The molecule has 0 aromatic heterocycles. The van der Waals surface area contributed by atoms with Crippen molar-refractivity contribution in [2.24, 2.45) is 5.16 Å². The highest BCUT2D eigenvalue weighted by Gasteiger charge is 2.43. The van der Waals surface area contributed by atoms with E-state index in [4.69, 9.17) is 14.7 Å². The van der Waals surface area contributed by atoms with Gasteiger partial charge in [0, 0.05) is 0 Å². The normalized spacial score (nSPS) is 22.7. The molecule has 0 aliphatic carbocycles. The second-order valence-corrected chi connectivity index (χ2v) is 9.21. The topological polar surface area (TPSA) is 85.2 Å². The van der Waals surface area contributed by atoms with E-state index >= 15 is 0 Å². The molecule has 1 unspecified atom stereocenters. The van der Waals surface area contributed by atoms with E-state index < -0.39 is 21.2 Å². The van der Waals surface area contributed by atoms with Crippen LogP contribution in [0.3, 0.4) is 0 Å². The van der Waals surface area contributed by atoms with E-state index in [1.54, 1.807) is 37.3 Å². The zero-order valence-corrected chi connectivity index (χ0v) is 16.6. The van der Waals surface area contributed by atoms with Gasteiger partial charge in [0.2, 0.25) is 9.84 Å². The first-order chi connectivity index (χ1) is 12.6. The Bertz CT molecular complexity index is 980. The molecule has 0 radical (unpaired) electrons. The maximum Gasteiger partial charge on any atom is 0.206 e. The monoisotopic (exact) mass is 389 g/mol. The van der Waals surface area contributed by atoms with Crippen molar-refractivity contribution < 1.29 is 23.1 Å². The number of benzene rings is 2. The van der Waals surface area contributed by atoms with Gasteiger partial charge in [-0.05, 0) is 63.1 Å². The van der Waals surface area contributed by atoms with Crippen molar-refractivity contribution in [1.29, 1.82) is 0 Å². The predicted octanol–water partition coefficient (Wildman–Crippen LogP) is 3.72. The van der Waals surface area contributed by atoms with E-state index in [2.05, 4.69) is 5.16 Å². The summed E-state index contributed by atoms with van der Waals surface area (Å²) in [5.74, 6) is -0.717. The van der Waals surface area contributed by atoms with Crippen molar-refractivity contribution in [3.05, 3.63) is 59.7 Å². The maximum absolute atomic E-state index is 13.0. The van der Waals surface area contributed by atoms with Crippen molar-refractivity contribution in [3.8, 4) is 0 Å². The third kappa shape index (κ3) is 3.76. The molecule has 0 spiro atoms. The lowest BCUT2D eigenvalue weighted by Gasteiger charge is -2.26. The van der Waals surface area contributed by atoms with E-state index in [9.17, 15) is 8.42 Å². The molecule has 1 aliphatic rings. The van der Waals surface area contributed by atoms with Gasteiger partial charge in [0.1, 0.15) is 5.60 Å². The molecule has 1 N–H and O–H groups in total. The second kappa shape index (κ2) is 6.74. The molecule has 1 atom stereocenters. The lowest BCUT2D eigenvalue weighted by Crippen LogP contribution is -2.28. The first-order valence-corrected chi connectivity index (χ1v) is 10.0. The molecular weight excluding hydrogens is 366 g/mol. The second-order valence-electron chi connectivity index (χ2n) is 7.26. The predicted molar refractivity (Wildman–Crippen MR) is 101 cm³/mol. The minimum atomic E-state index is -3.69. The molecule has 27 heavy (non-hydrogen) atoms. The first kappa shape index (κ1) is 19.5. The van der Waals surface area contributed by atoms with Crippen LogP contribution in [0, 0.1) is 0 Å². The Morgan fingerprint density at radius 1 is 1.07 bits per heavy atom. The highest BCUT2D eigenvalue weighted by Crippen LogP contribution is 2.39. The van der Waals surface area contributed by atoms with Crippen molar-refractivity contribution in [2.75, 3.05) is 6.61 Å². The number of ether oxygens (including phenoxy) is 2. The number of hydrogen-bond donors (Lipinski definition) is 1. The molecule has 2 aromatic rings. The van der Waals surface area contributed by atoms with Crippen LogP contribution >= 0.6 is 0 Å². The molecule has 0 bridgehead atoms. The zero-order valence-electron chi connectivity index (χ0n) is 15.8. The van der Waals surface area contributed by atoms with Crippen LogP contribution in [0.5, 0.6) is 0 Å². The molecule has 7 heteroatoms. The van der Waals surface area contributed by atoms with Crippen molar-refractivity contribution in [3.63, 3.8) is 0 Å². The van der Waals surface area contributed by atoms with Crippen LogP contribution in [0.15, 0.2) is 63.5 Å². The van der Waals surface area contributed by atoms with Crippen LogP contribution in [-0.2, 0) is 24.9 Å². The fourth-order valence-corrected chi connectivity index (χ4v) is 4.42. The van der Waals surface area contributed by atoms with Gasteiger partial charge in [0.15, 0.2) is 5.79 Å². The Balaban J connectivity index is 1.97. The molecule has 0 saturated carbocycles. The average molecular weight is 389 g/mol. The van der Waals surface area contributed by atoms with Crippen molar-refractivity contribution >= 4 is 15.5 Å². The van der Waals surface area contributed by atoms with Gasteiger partial charge in [-0.2, -0.15) is 0 Å². The summed E-state index contributed by atoms with van der Waals surface area (Å²) in [6.07, 6.45) is 0. The van der Waals surface area contributed by atoms with Crippen LogP contribution in [0.4, 0.5) is 0 Å². The van der Waals surface area contributed by atoms with E-state index in [1.165, 1.54) is 12.1 Å². The number of sulfone groups is 1. The van der Waals surface area contributed by atoms with Gasteiger partial charge in [-0.25, -0.2) is 8.42 Å². The summed E-state index contributed by atoms with van der Waals surface area (Å²) in [6, 6.07) is 13.0. The summed E-state index contributed by atoms with van der Waals surface area (Å²) in [5, 5.41) is 12.0. The quantitative estimate of drug-likeness (QED) is 0.489. The molecule has 1 saturated heterocycles. The summed E-state index contributed by atoms with van der Waals surface area (Å²) in [4.78, 5) is 0.359. The molecule has 1 fully saturated rings. The smallest absolute Gasteiger partial charge is 0.206 e. The van der Waals surface area contributed by atoms with E-state index in [-0.39, 0.29) is 9.79 Å². The van der Waals surface area contributed by atoms with Gasteiger partial charge in [-0.3, -0.25) is 0 Å². The third-order valence-electron chi connectivity index (χ3n) is 4.65. The number of nitrogens with zero attached hydrogens (tertiary/aromatic N) is 1. The fraction of sp³-hybridized carbons (Fsp3) is 0.350. The van der Waals surface area contributed by atoms with Crippen LogP contribution in [0.1, 0.15) is 38.8 Å². The lowest BCUT2D eigenvalue weighted by molar-refractivity contribution is -0.159. The Hall–Kier alpha value is -2.22. The van der Waals surface area contributed by atoms with E-state index in [0.29, 0.717) is 17.9 Å². The Morgan fingerprint density at radius 2 is 1.74 bits per heavy atom. The van der Waals surface area contributed by atoms with Gasteiger partial charge < -0.3 is 14.7 Å². The minimum Gasteiger partial charge on any atom is -0.411 e. The number of hydrogen-bond acceptors (Lipinski definition) is 6. The van der Waals surface area contributed by atoms with Crippen LogP contribution in [0.2, 0.25) is 0 Å². The molecule has 1 aliphatic heterocycles. The SMILES string of the molecule is C/C(=N/O)c1ccc(S(=O)(=O)c2cccc(C3(C)COC(C)(C)O3)c2)cc1. The summed E-state index contributed by atoms with van der Waals surface area (Å²) in [5.41, 5.74) is 1.09. The molecule has 3 rings (SSSR count). The van der Waals surface area contributed by atoms with Crippen LogP contribution in [0.25, 0.3) is 0 Å². The highest BCUT2D eigenvalue weighted by molar-refractivity contribution is 7.91. The largest absolute Gasteiger partial charge is 0.411 e. The summed E-state index contributed by atoms with van der Waals surface area (Å²) < 4.78 is 37.7. The lowest BCUT2D eigenvalue weighted by atomic mass is 9.97. The summed E-state index contributed by atoms with van der Waals surface area (Å²) in [6.45, 7) is 7.53. The average Bonchev–Trinajstić information content (AvgIpc) is 2.95. The van der Waals surface area contributed by atoms with Gasteiger partial charge >= 0.3 is 0 Å². The van der Waals surface area contributed by atoms with Gasteiger partial charge in [0.25, 0.3) is 0 Å². The van der Waals surface area contributed by atoms with Gasteiger partial charge in [-0.1, -0.05) is 29.4 Å². The Labute approximate surface area is 159 Å². The highest BCUT2D eigenvalue weighted by atomic mass is 32.2. The van der Waals surface area contributed by atoms with Gasteiger partial charge in [0.05, 0.1) is 22.1 Å². The van der Waals surface area contributed by atoms with Crippen molar-refractivity contribution in [1.82, 2.24) is 0 Å². The van der Waals surface area contributed by atoms with E-state index in [1.807, 2.05) is 26.8 Å². The molecule has 0 amide bonds. The first-order valence-electron chi connectivity index (χ1n) is 8.56. The number of oxime groups is 1. The van der Waals surface area contributed by atoms with Gasteiger partial charge in [-0.15, -0.1) is 0 Å². The molecular formula is C20H23NO5S. The molecule has 2 aromatic carbocycles. The maximum atomic E-state index is 13.0. The van der Waals surface area contributed by atoms with Crippen LogP contribution < -0.4 is 0 Å². The van der Waals surface area contributed by atoms with E-state index in [0.717, 1.165) is 5.56 Å².